The first-order valence-electron chi connectivity index (χ1n) is 6.71. The third-order valence-corrected chi connectivity index (χ3v) is 5.20. The molecule has 0 N–H and O–H groups in total. The van der Waals surface area contributed by atoms with Gasteiger partial charge in [0, 0.05) is 0 Å². The molecule has 1 atom stereocenters. The second kappa shape index (κ2) is 4.31. The van der Waals surface area contributed by atoms with Crippen molar-refractivity contribution in [2.24, 2.45) is 0 Å². The Balaban J connectivity index is 1.95. The van der Waals surface area contributed by atoms with E-state index in [4.69, 9.17) is 4.74 Å². The van der Waals surface area contributed by atoms with E-state index >= 15 is 0 Å². The van der Waals surface area contributed by atoms with E-state index in [1.807, 2.05) is 36.8 Å². The molecule has 1 unspecified atom stereocenters. The molecule has 1 fully saturated rings. The van der Waals surface area contributed by atoms with Gasteiger partial charge in [-0.2, -0.15) is 0 Å². The highest BCUT2D eigenvalue weighted by molar-refractivity contribution is 14.1. The van der Waals surface area contributed by atoms with Crippen molar-refractivity contribution >= 4 is 28.6 Å². The van der Waals surface area contributed by atoms with E-state index in [1.165, 1.54) is 0 Å². The fraction of sp³-hybridized carbons (Fsp3) is 0.333. The maximum atomic E-state index is 12.2. The van der Waals surface area contributed by atoms with Crippen LogP contribution in [0, 0.1) is 3.70 Å². The maximum absolute atomic E-state index is 12.2. The molecule has 0 saturated heterocycles. The van der Waals surface area contributed by atoms with Gasteiger partial charge in [-0.05, 0) is 53.5 Å². The number of rotatable bonds is 1. The van der Waals surface area contributed by atoms with Crippen LogP contribution in [-0.2, 0) is 4.74 Å². The van der Waals surface area contributed by atoms with Crippen molar-refractivity contribution in [3.05, 3.63) is 51.6 Å². The zero-order valence-electron chi connectivity index (χ0n) is 10.8. The molecule has 0 amide bonds. The summed E-state index contributed by atoms with van der Waals surface area (Å²) in [4.78, 5) is 16.5. The minimum Gasteiger partial charge on any atom is -0.453 e. The predicted molar refractivity (Wildman–Crippen MR) is 81.5 cm³/mol. The number of imidazole rings is 1. The Hall–Kier alpha value is -1.37. The van der Waals surface area contributed by atoms with Crippen LogP contribution in [0.2, 0.25) is 0 Å². The summed E-state index contributed by atoms with van der Waals surface area (Å²) >= 11 is 2.28. The summed E-state index contributed by atoms with van der Waals surface area (Å²) in [7, 11) is 0. The van der Waals surface area contributed by atoms with Crippen molar-refractivity contribution in [3.8, 4) is 0 Å². The first kappa shape index (κ1) is 12.4. The van der Waals surface area contributed by atoms with Crippen LogP contribution in [0.15, 0.2) is 36.8 Å². The minimum absolute atomic E-state index is 0.0412. The molecule has 1 aromatic heterocycles. The zero-order chi connectivity index (χ0) is 13.7. The lowest BCUT2D eigenvalue weighted by Gasteiger charge is -2.50. The van der Waals surface area contributed by atoms with Gasteiger partial charge in [0.15, 0.2) is 0 Å². The maximum Gasteiger partial charge on any atom is 0.339 e. The molecule has 5 heteroatoms. The van der Waals surface area contributed by atoms with Crippen molar-refractivity contribution in [2.75, 3.05) is 0 Å². The molecular weight excluding hydrogens is 367 g/mol. The fourth-order valence-corrected chi connectivity index (χ4v) is 3.85. The summed E-state index contributed by atoms with van der Waals surface area (Å²) in [6.07, 6.45) is 6.63. The van der Waals surface area contributed by atoms with Crippen LogP contribution in [0.4, 0.5) is 0 Å². The molecule has 2 aromatic rings. The SMILES string of the molecule is O=C1OC2(CCC2)C(n2cncc2I)c2ccccc21. The lowest BCUT2D eigenvalue weighted by atomic mass is 9.70. The number of halogens is 1. The van der Waals surface area contributed by atoms with Gasteiger partial charge in [-0.1, -0.05) is 18.2 Å². The Morgan fingerprint density at radius 3 is 2.80 bits per heavy atom. The van der Waals surface area contributed by atoms with Crippen LogP contribution in [0.1, 0.15) is 41.2 Å². The predicted octanol–water partition coefficient (Wildman–Crippen LogP) is 3.17. The van der Waals surface area contributed by atoms with Gasteiger partial charge in [0.1, 0.15) is 15.3 Å². The van der Waals surface area contributed by atoms with Crippen molar-refractivity contribution < 1.29 is 9.53 Å². The summed E-state index contributed by atoms with van der Waals surface area (Å²) in [5.74, 6) is -0.188. The lowest BCUT2D eigenvalue weighted by molar-refractivity contribution is -0.0927. The van der Waals surface area contributed by atoms with E-state index in [0.29, 0.717) is 5.56 Å². The molecule has 1 saturated carbocycles. The highest BCUT2D eigenvalue weighted by Gasteiger charge is 2.53. The quantitative estimate of drug-likeness (QED) is 0.564. The standard InChI is InChI=1S/C15H13IN2O2/c16-12-8-17-9-18(12)13-10-4-1-2-5-11(10)14(19)20-15(13)6-3-7-15/h1-2,4-5,8-9,13H,3,6-7H2. The number of carbonyl (C=O) groups is 1. The number of carbonyl (C=O) groups excluding carboxylic acids is 1. The summed E-state index contributed by atoms with van der Waals surface area (Å²) in [6, 6.07) is 7.80. The number of ether oxygens (including phenoxy) is 1. The molecule has 20 heavy (non-hydrogen) atoms. The Labute approximate surface area is 130 Å². The molecule has 0 radical (unpaired) electrons. The molecule has 4 rings (SSSR count). The highest BCUT2D eigenvalue weighted by atomic mass is 127. The Morgan fingerprint density at radius 1 is 1.35 bits per heavy atom. The van der Waals surface area contributed by atoms with Gasteiger partial charge in [-0.15, -0.1) is 0 Å². The number of esters is 1. The van der Waals surface area contributed by atoms with E-state index in [-0.39, 0.29) is 17.6 Å². The zero-order valence-corrected chi connectivity index (χ0v) is 12.9. The summed E-state index contributed by atoms with van der Waals surface area (Å²) in [6.45, 7) is 0. The van der Waals surface area contributed by atoms with Gasteiger partial charge in [0.05, 0.1) is 18.1 Å². The van der Waals surface area contributed by atoms with Gasteiger partial charge in [0.2, 0.25) is 0 Å². The van der Waals surface area contributed by atoms with Crippen molar-refractivity contribution in [2.45, 2.75) is 30.9 Å². The first-order chi connectivity index (χ1) is 9.71. The van der Waals surface area contributed by atoms with E-state index in [2.05, 4.69) is 32.1 Å². The van der Waals surface area contributed by atoms with E-state index in [0.717, 1.165) is 28.5 Å². The molecule has 102 valence electrons. The largest absolute Gasteiger partial charge is 0.453 e. The first-order valence-corrected chi connectivity index (χ1v) is 7.79. The van der Waals surface area contributed by atoms with E-state index in [1.54, 1.807) is 0 Å². The number of benzene rings is 1. The molecule has 1 aromatic carbocycles. The molecule has 4 nitrogen and oxygen atoms in total. The topological polar surface area (TPSA) is 44.1 Å². The lowest BCUT2D eigenvalue weighted by Crippen LogP contribution is -2.53. The fourth-order valence-electron chi connectivity index (χ4n) is 3.28. The van der Waals surface area contributed by atoms with Crippen LogP contribution < -0.4 is 0 Å². The molecular formula is C15H13IN2O2. The second-order valence-electron chi connectivity index (χ2n) is 5.42. The third-order valence-electron chi connectivity index (χ3n) is 4.37. The molecule has 0 bridgehead atoms. The Bertz CT molecular complexity index is 691. The Kier molecular flexibility index (Phi) is 2.67. The number of nitrogens with zero attached hydrogens (tertiary/aromatic N) is 2. The van der Waals surface area contributed by atoms with Crippen molar-refractivity contribution in [3.63, 3.8) is 0 Å². The minimum atomic E-state index is -0.383. The number of hydrogen-bond acceptors (Lipinski definition) is 3. The third kappa shape index (κ3) is 1.58. The van der Waals surface area contributed by atoms with E-state index in [9.17, 15) is 4.79 Å². The van der Waals surface area contributed by atoms with E-state index < -0.39 is 0 Å². The molecule has 2 aliphatic rings. The molecule has 1 spiro atoms. The summed E-state index contributed by atoms with van der Waals surface area (Å²) < 4.78 is 9.03. The van der Waals surface area contributed by atoms with Crippen molar-refractivity contribution in [1.82, 2.24) is 9.55 Å². The van der Waals surface area contributed by atoms with Crippen LogP contribution in [0.25, 0.3) is 0 Å². The molecule has 2 heterocycles. The van der Waals surface area contributed by atoms with Crippen LogP contribution in [0.3, 0.4) is 0 Å². The van der Waals surface area contributed by atoms with Gasteiger partial charge >= 0.3 is 5.97 Å². The second-order valence-corrected chi connectivity index (χ2v) is 6.53. The Morgan fingerprint density at radius 2 is 2.15 bits per heavy atom. The number of aromatic nitrogens is 2. The summed E-state index contributed by atoms with van der Waals surface area (Å²) in [5, 5.41) is 0. The summed E-state index contributed by atoms with van der Waals surface area (Å²) in [5.41, 5.74) is 1.35. The monoisotopic (exact) mass is 380 g/mol. The average molecular weight is 380 g/mol. The van der Waals surface area contributed by atoms with Crippen molar-refractivity contribution in [1.29, 1.82) is 0 Å². The van der Waals surface area contributed by atoms with Crippen LogP contribution >= 0.6 is 22.6 Å². The smallest absolute Gasteiger partial charge is 0.339 e. The van der Waals surface area contributed by atoms with Crippen LogP contribution in [-0.4, -0.2) is 21.1 Å². The van der Waals surface area contributed by atoms with Gasteiger partial charge in [-0.3, -0.25) is 0 Å². The van der Waals surface area contributed by atoms with Gasteiger partial charge in [0.25, 0.3) is 0 Å². The highest BCUT2D eigenvalue weighted by Crippen LogP contribution is 2.51. The normalized spacial score (nSPS) is 23.1. The van der Waals surface area contributed by atoms with Crippen LogP contribution in [0.5, 0.6) is 0 Å². The average Bonchev–Trinajstić information content (AvgIpc) is 2.83. The van der Waals surface area contributed by atoms with Gasteiger partial charge < -0.3 is 9.30 Å². The molecule has 1 aliphatic heterocycles. The number of fused-ring (bicyclic) bond motifs is 1. The van der Waals surface area contributed by atoms with Gasteiger partial charge in [-0.25, -0.2) is 9.78 Å². The molecule has 1 aliphatic carbocycles. The number of hydrogen-bond donors (Lipinski definition) is 0.